The molecule has 0 spiro atoms. The van der Waals surface area contributed by atoms with Crippen LogP contribution >= 0.6 is 0 Å². The number of hydrogen-bond donors (Lipinski definition) is 2. The largest absolute Gasteiger partial charge is 0.313 e. The van der Waals surface area contributed by atoms with E-state index in [0.29, 0.717) is 12.6 Å². The van der Waals surface area contributed by atoms with Crippen LogP contribution in [0.25, 0.3) is 0 Å². The second-order valence-electron chi connectivity index (χ2n) is 4.93. The van der Waals surface area contributed by atoms with Gasteiger partial charge in [0.2, 0.25) is 10.0 Å². The highest BCUT2D eigenvalue weighted by Crippen LogP contribution is 1.95. The summed E-state index contributed by atoms with van der Waals surface area (Å²) in [5.74, 6) is 0.133. The quantitative estimate of drug-likeness (QED) is 0.616. The number of likely N-dealkylation sites (N-methyl/N-ethyl adjacent to an activating group) is 1. The first-order chi connectivity index (χ1) is 8.30. The van der Waals surface area contributed by atoms with E-state index in [1.807, 2.05) is 20.8 Å². The van der Waals surface area contributed by atoms with Gasteiger partial charge in [-0.25, -0.2) is 13.1 Å². The van der Waals surface area contributed by atoms with Crippen LogP contribution < -0.4 is 10.0 Å². The van der Waals surface area contributed by atoms with Gasteiger partial charge in [-0.2, -0.15) is 0 Å². The number of rotatable bonds is 10. The lowest BCUT2D eigenvalue weighted by atomic mass is 10.3. The first kappa shape index (κ1) is 17.8. The highest BCUT2D eigenvalue weighted by atomic mass is 32.2. The highest BCUT2D eigenvalue weighted by molar-refractivity contribution is 7.89. The van der Waals surface area contributed by atoms with Crippen LogP contribution in [-0.2, 0) is 10.0 Å². The molecule has 6 heteroatoms. The predicted octanol–water partition coefficient (Wildman–Crippen LogP) is 0.634. The monoisotopic (exact) mass is 279 g/mol. The molecule has 0 heterocycles. The van der Waals surface area contributed by atoms with Crippen LogP contribution in [-0.4, -0.2) is 57.3 Å². The average molecular weight is 279 g/mol. The van der Waals surface area contributed by atoms with E-state index >= 15 is 0 Å². The number of sulfonamides is 1. The fourth-order valence-corrected chi connectivity index (χ4v) is 2.95. The van der Waals surface area contributed by atoms with Crippen molar-refractivity contribution in [2.75, 3.05) is 31.9 Å². The zero-order valence-electron chi connectivity index (χ0n) is 12.4. The van der Waals surface area contributed by atoms with Crippen molar-refractivity contribution in [3.8, 4) is 0 Å². The Balaban J connectivity index is 4.07. The van der Waals surface area contributed by atoms with Crippen molar-refractivity contribution in [2.24, 2.45) is 0 Å². The number of nitrogens with zero attached hydrogens (tertiary/aromatic N) is 1. The molecule has 0 aliphatic rings. The standard InChI is InChI=1S/C12H29N3O2S/c1-6-15(7-2)10-12(5)14-18(16,17)9-8-13-11(3)4/h11-14H,6-10H2,1-5H3. The topological polar surface area (TPSA) is 61.4 Å². The van der Waals surface area contributed by atoms with E-state index in [1.54, 1.807) is 0 Å². The lowest BCUT2D eigenvalue weighted by Crippen LogP contribution is -2.44. The summed E-state index contributed by atoms with van der Waals surface area (Å²) in [6, 6.07) is 0.266. The van der Waals surface area contributed by atoms with Crippen molar-refractivity contribution in [3.05, 3.63) is 0 Å². The molecule has 2 N–H and O–H groups in total. The van der Waals surface area contributed by atoms with Crippen LogP contribution in [0, 0.1) is 0 Å². The van der Waals surface area contributed by atoms with Crippen molar-refractivity contribution in [2.45, 2.75) is 46.7 Å². The van der Waals surface area contributed by atoms with Gasteiger partial charge in [0.1, 0.15) is 0 Å². The lowest BCUT2D eigenvalue weighted by Gasteiger charge is -2.23. The second kappa shape index (κ2) is 8.85. The van der Waals surface area contributed by atoms with Crippen LogP contribution in [0.15, 0.2) is 0 Å². The summed E-state index contributed by atoms with van der Waals surface area (Å²) in [5.41, 5.74) is 0. The zero-order chi connectivity index (χ0) is 14.2. The minimum absolute atomic E-state index is 0.0473. The molecule has 0 aromatic carbocycles. The molecule has 0 aliphatic carbocycles. The Morgan fingerprint density at radius 1 is 1.11 bits per heavy atom. The molecule has 0 aromatic rings. The molecule has 0 aliphatic heterocycles. The summed E-state index contributed by atoms with van der Waals surface area (Å²) in [6.07, 6.45) is 0. The summed E-state index contributed by atoms with van der Waals surface area (Å²) in [5, 5.41) is 3.11. The summed E-state index contributed by atoms with van der Waals surface area (Å²) in [6.45, 7) is 13.2. The minimum atomic E-state index is -3.18. The third-order valence-corrected chi connectivity index (χ3v) is 4.23. The average Bonchev–Trinajstić information content (AvgIpc) is 2.24. The molecule has 110 valence electrons. The van der Waals surface area contributed by atoms with Gasteiger partial charge < -0.3 is 10.2 Å². The van der Waals surface area contributed by atoms with Gasteiger partial charge in [0.25, 0.3) is 0 Å². The molecule has 0 amide bonds. The third kappa shape index (κ3) is 8.85. The second-order valence-corrected chi connectivity index (χ2v) is 6.81. The molecule has 5 nitrogen and oxygen atoms in total. The molecule has 0 bridgehead atoms. The lowest BCUT2D eigenvalue weighted by molar-refractivity contribution is 0.282. The van der Waals surface area contributed by atoms with Gasteiger partial charge in [0, 0.05) is 25.2 Å². The molecule has 18 heavy (non-hydrogen) atoms. The predicted molar refractivity (Wildman–Crippen MR) is 77.3 cm³/mol. The Morgan fingerprint density at radius 3 is 2.11 bits per heavy atom. The van der Waals surface area contributed by atoms with E-state index in [9.17, 15) is 8.42 Å². The molecule has 0 saturated carbocycles. The fourth-order valence-electron chi connectivity index (χ4n) is 1.75. The first-order valence-corrected chi connectivity index (χ1v) is 8.41. The Kier molecular flexibility index (Phi) is 8.77. The third-order valence-electron chi connectivity index (χ3n) is 2.73. The van der Waals surface area contributed by atoms with E-state index in [4.69, 9.17) is 0 Å². The van der Waals surface area contributed by atoms with Gasteiger partial charge in [-0.1, -0.05) is 27.7 Å². The number of hydrogen-bond acceptors (Lipinski definition) is 4. The number of nitrogens with one attached hydrogen (secondary N) is 2. The molecule has 0 rings (SSSR count). The molecular weight excluding hydrogens is 250 g/mol. The maximum absolute atomic E-state index is 11.8. The summed E-state index contributed by atoms with van der Waals surface area (Å²) in [7, 11) is -3.18. The Labute approximate surface area is 112 Å². The maximum Gasteiger partial charge on any atom is 0.213 e. The summed E-state index contributed by atoms with van der Waals surface area (Å²) < 4.78 is 26.3. The van der Waals surface area contributed by atoms with Gasteiger partial charge in [-0.05, 0) is 20.0 Å². The SMILES string of the molecule is CCN(CC)CC(C)NS(=O)(=O)CCNC(C)C. The van der Waals surface area contributed by atoms with Crippen molar-refractivity contribution >= 4 is 10.0 Å². The molecule has 1 unspecified atom stereocenters. The van der Waals surface area contributed by atoms with E-state index in [2.05, 4.69) is 28.8 Å². The normalized spacial score (nSPS) is 14.4. The molecule has 0 fully saturated rings. The Bertz CT molecular complexity index is 300. The smallest absolute Gasteiger partial charge is 0.213 e. The molecule has 0 aromatic heterocycles. The highest BCUT2D eigenvalue weighted by Gasteiger charge is 2.15. The van der Waals surface area contributed by atoms with Crippen LogP contribution in [0.4, 0.5) is 0 Å². The Morgan fingerprint density at radius 2 is 1.67 bits per heavy atom. The van der Waals surface area contributed by atoms with Crippen molar-refractivity contribution in [1.82, 2.24) is 14.9 Å². The summed E-state index contributed by atoms with van der Waals surface area (Å²) in [4.78, 5) is 2.21. The molecule has 1 atom stereocenters. The van der Waals surface area contributed by atoms with Gasteiger partial charge in [0.05, 0.1) is 5.75 Å². The van der Waals surface area contributed by atoms with E-state index < -0.39 is 10.0 Å². The van der Waals surface area contributed by atoms with Crippen LogP contribution in [0.1, 0.15) is 34.6 Å². The summed E-state index contributed by atoms with van der Waals surface area (Å²) >= 11 is 0. The van der Waals surface area contributed by atoms with Crippen molar-refractivity contribution in [1.29, 1.82) is 0 Å². The molecule has 0 radical (unpaired) electrons. The van der Waals surface area contributed by atoms with Crippen LogP contribution in [0.5, 0.6) is 0 Å². The van der Waals surface area contributed by atoms with Gasteiger partial charge in [-0.15, -0.1) is 0 Å². The van der Waals surface area contributed by atoms with Crippen molar-refractivity contribution in [3.63, 3.8) is 0 Å². The maximum atomic E-state index is 11.8. The van der Waals surface area contributed by atoms with Gasteiger partial charge in [0.15, 0.2) is 0 Å². The van der Waals surface area contributed by atoms with Gasteiger partial charge in [-0.3, -0.25) is 0 Å². The molecule has 0 saturated heterocycles. The molecular formula is C12H29N3O2S. The van der Waals surface area contributed by atoms with E-state index in [-0.39, 0.29) is 11.8 Å². The first-order valence-electron chi connectivity index (χ1n) is 6.76. The minimum Gasteiger partial charge on any atom is -0.313 e. The van der Waals surface area contributed by atoms with E-state index in [1.165, 1.54) is 0 Å². The zero-order valence-corrected chi connectivity index (χ0v) is 13.2. The van der Waals surface area contributed by atoms with Gasteiger partial charge >= 0.3 is 0 Å². The van der Waals surface area contributed by atoms with E-state index in [0.717, 1.165) is 19.6 Å². The Hall–Kier alpha value is -0.170. The van der Waals surface area contributed by atoms with Crippen LogP contribution in [0.2, 0.25) is 0 Å². The van der Waals surface area contributed by atoms with Crippen LogP contribution in [0.3, 0.4) is 0 Å². The fraction of sp³-hybridized carbons (Fsp3) is 1.00. The van der Waals surface area contributed by atoms with Crippen molar-refractivity contribution < 1.29 is 8.42 Å².